The first-order chi connectivity index (χ1) is 14.8. The molecule has 2 aliphatic rings. The van der Waals surface area contributed by atoms with Crippen LogP contribution in [0.2, 0.25) is 5.02 Å². The number of amides is 2. The molecule has 2 atom stereocenters. The van der Waals surface area contributed by atoms with E-state index >= 15 is 0 Å². The van der Waals surface area contributed by atoms with E-state index in [4.69, 9.17) is 11.6 Å². The lowest BCUT2D eigenvalue weighted by Crippen LogP contribution is -2.49. The SMILES string of the molecule is O=C(CSC1=NC2NNCC2C(=O)N1c1ccc(F)c(F)c1)Nc1cc(F)ccc1Cl. The van der Waals surface area contributed by atoms with Crippen molar-refractivity contribution in [3.05, 3.63) is 58.9 Å². The Morgan fingerprint density at radius 3 is 2.81 bits per heavy atom. The third-order valence-electron chi connectivity index (χ3n) is 4.63. The summed E-state index contributed by atoms with van der Waals surface area (Å²) in [4.78, 5) is 31.0. The maximum atomic E-state index is 13.8. The Morgan fingerprint density at radius 1 is 1.23 bits per heavy atom. The number of benzene rings is 2. The first kappa shape index (κ1) is 21.6. The second kappa shape index (κ2) is 8.87. The molecular formula is C19H15ClF3N5O2S. The first-order valence-corrected chi connectivity index (χ1v) is 10.4. The van der Waals surface area contributed by atoms with Gasteiger partial charge in [-0.1, -0.05) is 23.4 Å². The second-order valence-corrected chi connectivity index (χ2v) is 8.07. The molecule has 2 aromatic carbocycles. The van der Waals surface area contributed by atoms with Crippen LogP contribution in [0.25, 0.3) is 0 Å². The standard InChI is InChI=1S/C19H15ClF3N5O2S/c20-12-3-1-9(21)5-15(12)25-16(29)8-31-19-26-17-11(7-24-27-17)18(30)28(19)10-2-4-13(22)14(23)6-10/h1-6,11,17,24,27H,7-8H2,(H,25,29). The van der Waals surface area contributed by atoms with Crippen molar-refractivity contribution in [2.24, 2.45) is 10.9 Å². The van der Waals surface area contributed by atoms with Gasteiger partial charge in [0.15, 0.2) is 16.8 Å². The summed E-state index contributed by atoms with van der Waals surface area (Å²) >= 11 is 6.88. The van der Waals surface area contributed by atoms with Crippen LogP contribution in [0.1, 0.15) is 0 Å². The highest BCUT2D eigenvalue weighted by Gasteiger charge is 2.42. The molecule has 0 spiro atoms. The number of nitrogens with one attached hydrogen (secondary N) is 3. The average molecular weight is 470 g/mol. The molecule has 3 N–H and O–H groups in total. The van der Waals surface area contributed by atoms with Gasteiger partial charge in [0.05, 0.1) is 28.1 Å². The number of halogens is 4. The van der Waals surface area contributed by atoms with E-state index in [0.29, 0.717) is 6.54 Å². The number of hydrogen-bond donors (Lipinski definition) is 3. The Kier molecular flexibility index (Phi) is 6.19. The molecule has 2 unspecified atom stereocenters. The van der Waals surface area contributed by atoms with Crippen molar-refractivity contribution in [3.8, 4) is 0 Å². The molecule has 7 nitrogen and oxygen atoms in total. The Labute approximate surface area is 184 Å². The summed E-state index contributed by atoms with van der Waals surface area (Å²) in [5.74, 6) is -4.35. The largest absolute Gasteiger partial charge is 0.324 e. The minimum absolute atomic E-state index is 0.0917. The molecule has 2 aromatic rings. The number of carbonyl (C=O) groups is 2. The smallest absolute Gasteiger partial charge is 0.241 e. The molecule has 4 rings (SSSR count). The zero-order chi connectivity index (χ0) is 22.1. The summed E-state index contributed by atoms with van der Waals surface area (Å²) in [6, 6.07) is 6.62. The van der Waals surface area contributed by atoms with Crippen molar-refractivity contribution in [1.29, 1.82) is 0 Å². The van der Waals surface area contributed by atoms with E-state index in [2.05, 4.69) is 21.2 Å². The van der Waals surface area contributed by atoms with E-state index in [1.165, 1.54) is 12.1 Å². The third kappa shape index (κ3) is 4.54. The monoisotopic (exact) mass is 469 g/mol. The number of nitrogens with zero attached hydrogens (tertiary/aromatic N) is 2. The van der Waals surface area contributed by atoms with E-state index in [1.54, 1.807) is 0 Å². The average Bonchev–Trinajstić information content (AvgIpc) is 3.20. The number of thioether (sulfide) groups is 1. The topological polar surface area (TPSA) is 85.8 Å². The number of hydrazine groups is 1. The number of anilines is 2. The van der Waals surface area contributed by atoms with Crippen molar-refractivity contribution in [2.45, 2.75) is 6.17 Å². The summed E-state index contributed by atoms with van der Waals surface area (Å²) in [7, 11) is 0. The molecule has 2 heterocycles. The maximum absolute atomic E-state index is 13.8. The fraction of sp³-hybridized carbons (Fsp3) is 0.211. The lowest BCUT2D eigenvalue weighted by molar-refractivity contribution is -0.121. The molecule has 1 saturated heterocycles. The normalized spacial score (nSPS) is 20.5. The molecule has 1 fully saturated rings. The van der Waals surface area contributed by atoms with Gasteiger partial charge in [0.25, 0.3) is 0 Å². The van der Waals surface area contributed by atoms with Crippen molar-refractivity contribution < 1.29 is 22.8 Å². The van der Waals surface area contributed by atoms with Crippen molar-refractivity contribution in [1.82, 2.24) is 10.9 Å². The van der Waals surface area contributed by atoms with Gasteiger partial charge in [-0.15, -0.1) is 0 Å². The fourth-order valence-corrected chi connectivity index (χ4v) is 4.15. The Morgan fingerprint density at radius 2 is 2.03 bits per heavy atom. The summed E-state index contributed by atoms with van der Waals surface area (Å²) in [6.07, 6.45) is -0.558. The lowest BCUT2D eigenvalue weighted by Gasteiger charge is -2.32. The van der Waals surface area contributed by atoms with Crippen LogP contribution in [-0.2, 0) is 9.59 Å². The zero-order valence-electron chi connectivity index (χ0n) is 15.7. The third-order valence-corrected chi connectivity index (χ3v) is 5.91. The van der Waals surface area contributed by atoms with E-state index in [-0.39, 0.29) is 33.2 Å². The van der Waals surface area contributed by atoms with Crippen LogP contribution >= 0.6 is 23.4 Å². The summed E-state index contributed by atoms with van der Waals surface area (Å²) < 4.78 is 40.6. The van der Waals surface area contributed by atoms with Crippen LogP contribution in [0.3, 0.4) is 0 Å². The van der Waals surface area contributed by atoms with Gasteiger partial charge < -0.3 is 5.32 Å². The summed E-state index contributed by atoms with van der Waals surface area (Å²) in [5.41, 5.74) is 5.90. The fourth-order valence-electron chi connectivity index (χ4n) is 3.14. The van der Waals surface area contributed by atoms with Gasteiger partial charge in [-0.05, 0) is 30.3 Å². The number of amidine groups is 1. The predicted molar refractivity (Wildman–Crippen MR) is 112 cm³/mol. The van der Waals surface area contributed by atoms with Gasteiger partial charge in [0.1, 0.15) is 12.0 Å². The molecule has 2 aliphatic heterocycles. The van der Waals surface area contributed by atoms with Crippen LogP contribution in [0.4, 0.5) is 24.5 Å². The molecule has 12 heteroatoms. The Hall–Kier alpha value is -2.60. The van der Waals surface area contributed by atoms with Crippen LogP contribution in [0.15, 0.2) is 41.4 Å². The molecule has 0 aliphatic carbocycles. The van der Waals surface area contributed by atoms with Gasteiger partial charge in [-0.3, -0.25) is 19.9 Å². The van der Waals surface area contributed by atoms with Gasteiger partial charge in [0, 0.05) is 12.6 Å². The number of aliphatic imine (C=N–C) groups is 1. The van der Waals surface area contributed by atoms with Gasteiger partial charge in [-0.25, -0.2) is 23.6 Å². The molecule has 0 saturated carbocycles. The first-order valence-electron chi connectivity index (χ1n) is 9.06. The van der Waals surface area contributed by atoms with Crippen LogP contribution in [0, 0.1) is 23.4 Å². The lowest BCUT2D eigenvalue weighted by atomic mass is 10.0. The molecule has 0 bridgehead atoms. The van der Waals surface area contributed by atoms with Gasteiger partial charge in [0.2, 0.25) is 11.8 Å². The minimum Gasteiger partial charge on any atom is -0.324 e. The van der Waals surface area contributed by atoms with E-state index < -0.39 is 35.4 Å². The van der Waals surface area contributed by atoms with Crippen molar-refractivity contribution in [2.75, 3.05) is 22.5 Å². The van der Waals surface area contributed by atoms with Crippen LogP contribution in [-0.4, -0.2) is 35.4 Å². The van der Waals surface area contributed by atoms with Crippen molar-refractivity contribution in [3.63, 3.8) is 0 Å². The van der Waals surface area contributed by atoms with E-state index in [1.807, 2.05) is 0 Å². The molecular weight excluding hydrogens is 455 g/mol. The van der Waals surface area contributed by atoms with E-state index in [9.17, 15) is 22.8 Å². The molecule has 162 valence electrons. The summed E-state index contributed by atoms with van der Waals surface area (Å²) in [5, 5.41) is 2.79. The van der Waals surface area contributed by atoms with E-state index in [0.717, 1.165) is 40.9 Å². The summed E-state index contributed by atoms with van der Waals surface area (Å²) in [6.45, 7) is 0.309. The highest BCUT2D eigenvalue weighted by atomic mass is 35.5. The maximum Gasteiger partial charge on any atom is 0.241 e. The minimum atomic E-state index is -1.11. The van der Waals surface area contributed by atoms with Crippen LogP contribution < -0.4 is 21.1 Å². The molecule has 0 aromatic heterocycles. The molecule has 2 amide bonds. The van der Waals surface area contributed by atoms with Crippen molar-refractivity contribution >= 4 is 51.7 Å². The van der Waals surface area contributed by atoms with Crippen LogP contribution in [0.5, 0.6) is 0 Å². The zero-order valence-corrected chi connectivity index (χ0v) is 17.2. The molecule has 0 radical (unpaired) electrons. The highest BCUT2D eigenvalue weighted by Crippen LogP contribution is 2.30. The van der Waals surface area contributed by atoms with Gasteiger partial charge in [-0.2, -0.15) is 0 Å². The Balaban J connectivity index is 1.55. The number of rotatable bonds is 4. The molecule has 31 heavy (non-hydrogen) atoms. The highest BCUT2D eigenvalue weighted by molar-refractivity contribution is 8.14. The second-order valence-electron chi connectivity index (χ2n) is 6.72. The predicted octanol–water partition coefficient (Wildman–Crippen LogP) is 2.88. The Bertz CT molecular complexity index is 1090. The number of fused-ring (bicyclic) bond motifs is 1. The quantitative estimate of drug-likeness (QED) is 0.641. The number of hydrogen-bond acceptors (Lipinski definition) is 6. The number of carbonyl (C=O) groups excluding carboxylic acids is 2. The van der Waals surface area contributed by atoms with Gasteiger partial charge >= 0.3 is 0 Å².